The van der Waals surface area contributed by atoms with Crippen molar-refractivity contribution < 1.29 is 13.2 Å². The topological polar surface area (TPSA) is 66.5 Å². The van der Waals surface area contributed by atoms with Crippen LogP contribution in [0.15, 0.2) is 47.4 Å². The van der Waals surface area contributed by atoms with Crippen molar-refractivity contribution >= 4 is 33.2 Å². The number of rotatable bonds is 5. The van der Waals surface area contributed by atoms with Gasteiger partial charge in [-0.15, -0.1) is 0 Å². The molecule has 7 heteroatoms. The van der Waals surface area contributed by atoms with Crippen LogP contribution in [-0.2, 0) is 27.7 Å². The molecule has 0 unspecified atom stereocenters. The lowest BCUT2D eigenvalue weighted by molar-refractivity contribution is -0.116. The molecular formula is C19H21ClN2O3S. The number of carbonyl (C=O) groups excluding carboxylic acids is 1. The molecule has 3 rings (SSSR count). The fraction of sp³-hybridized carbons (Fsp3) is 0.316. The molecule has 0 heterocycles. The minimum atomic E-state index is -3.72. The highest BCUT2D eigenvalue weighted by Crippen LogP contribution is 2.25. The van der Waals surface area contributed by atoms with Crippen LogP contribution in [0.4, 0.5) is 5.69 Å². The Balaban J connectivity index is 1.70. The molecule has 1 N–H and O–H groups in total. The number of benzene rings is 2. The Morgan fingerprint density at radius 3 is 2.42 bits per heavy atom. The van der Waals surface area contributed by atoms with E-state index in [1.54, 1.807) is 36.4 Å². The van der Waals surface area contributed by atoms with Crippen molar-refractivity contribution in [1.29, 1.82) is 0 Å². The van der Waals surface area contributed by atoms with E-state index in [1.165, 1.54) is 12.6 Å². The van der Waals surface area contributed by atoms with E-state index < -0.39 is 15.9 Å². The number of hydrogen-bond donors (Lipinski definition) is 1. The smallest absolute Gasteiger partial charge is 0.243 e. The summed E-state index contributed by atoms with van der Waals surface area (Å²) in [7, 11) is -2.30. The first-order valence-corrected chi connectivity index (χ1v) is 10.3. The minimum absolute atomic E-state index is 0.236. The van der Waals surface area contributed by atoms with Crippen LogP contribution in [0.2, 0.25) is 5.02 Å². The molecule has 138 valence electrons. The zero-order chi connectivity index (χ0) is 18.7. The molecular weight excluding hydrogens is 372 g/mol. The van der Waals surface area contributed by atoms with E-state index in [2.05, 4.69) is 5.32 Å². The average Bonchev–Trinajstić information content (AvgIpc) is 2.63. The first kappa shape index (κ1) is 18.9. The summed E-state index contributed by atoms with van der Waals surface area (Å²) in [6.07, 6.45) is 4.12. The molecule has 0 fully saturated rings. The number of amides is 1. The number of sulfonamides is 1. The van der Waals surface area contributed by atoms with E-state index in [-0.39, 0.29) is 11.4 Å². The number of halogens is 1. The lowest BCUT2D eigenvalue weighted by atomic mass is 9.92. The monoisotopic (exact) mass is 392 g/mol. The molecule has 26 heavy (non-hydrogen) atoms. The quantitative estimate of drug-likeness (QED) is 0.847. The highest BCUT2D eigenvalue weighted by Gasteiger charge is 2.24. The Labute approximate surface area is 159 Å². The maximum Gasteiger partial charge on any atom is 0.243 e. The largest absolute Gasteiger partial charge is 0.325 e. The maximum atomic E-state index is 12.8. The molecule has 0 aliphatic heterocycles. The Hall–Kier alpha value is -1.89. The second-order valence-electron chi connectivity index (χ2n) is 6.45. The van der Waals surface area contributed by atoms with Gasteiger partial charge in [-0.1, -0.05) is 17.7 Å². The first-order valence-electron chi connectivity index (χ1n) is 8.50. The van der Waals surface area contributed by atoms with Crippen LogP contribution in [-0.4, -0.2) is 32.2 Å². The normalized spacial score (nSPS) is 14.1. The van der Waals surface area contributed by atoms with Gasteiger partial charge in [-0.05, 0) is 73.2 Å². The van der Waals surface area contributed by atoms with Gasteiger partial charge in [-0.3, -0.25) is 4.79 Å². The fourth-order valence-electron chi connectivity index (χ4n) is 3.07. The van der Waals surface area contributed by atoms with E-state index in [9.17, 15) is 13.2 Å². The van der Waals surface area contributed by atoms with Gasteiger partial charge in [0.25, 0.3) is 0 Å². The molecule has 2 aromatic carbocycles. The van der Waals surface area contributed by atoms with Crippen LogP contribution in [0.1, 0.15) is 24.0 Å². The second-order valence-corrected chi connectivity index (χ2v) is 8.94. The summed E-state index contributed by atoms with van der Waals surface area (Å²) in [5, 5.41) is 3.23. The zero-order valence-electron chi connectivity index (χ0n) is 14.5. The van der Waals surface area contributed by atoms with Gasteiger partial charge >= 0.3 is 0 Å². The standard InChI is InChI=1S/C19H21ClN2O3S/c1-22(13-19(23)21-17-9-7-16(20)8-10-17)26(24,25)18-11-6-14-4-2-3-5-15(14)12-18/h6-12H,2-5,13H2,1H3,(H,21,23). The van der Waals surface area contributed by atoms with E-state index in [0.717, 1.165) is 35.6 Å². The molecule has 5 nitrogen and oxygen atoms in total. The van der Waals surface area contributed by atoms with Gasteiger partial charge in [0, 0.05) is 17.8 Å². The second kappa shape index (κ2) is 7.78. The molecule has 0 saturated carbocycles. The number of nitrogens with one attached hydrogen (secondary N) is 1. The van der Waals surface area contributed by atoms with Crippen molar-refractivity contribution in [2.75, 3.05) is 18.9 Å². The summed E-state index contributed by atoms with van der Waals surface area (Å²) in [6.45, 7) is -0.262. The third kappa shape index (κ3) is 4.26. The lowest BCUT2D eigenvalue weighted by Crippen LogP contribution is -2.35. The average molecular weight is 393 g/mol. The van der Waals surface area contributed by atoms with Crippen LogP contribution >= 0.6 is 11.6 Å². The van der Waals surface area contributed by atoms with Gasteiger partial charge in [-0.25, -0.2) is 8.42 Å². The molecule has 1 amide bonds. The van der Waals surface area contributed by atoms with Gasteiger partial charge in [0.15, 0.2) is 0 Å². The predicted molar refractivity (Wildman–Crippen MR) is 103 cm³/mol. The number of hydrogen-bond acceptors (Lipinski definition) is 3. The Bertz CT molecular complexity index is 911. The Kier molecular flexibility index (Phi) is 5.65. The molecule has 1 aliphatic carbocycles. The van der Waals surface area contributed by atoms with E-state index >= 15 is 0 Å². The highest BCUT2D eigenvalue weighted by molar-refractivity contribution is 7.89. The fourth-order valence-corrected chi connectivity index (χ4v) is 4.38. The van der Waals surface area contributed by atoms with Crippen LogP contribution in [0, 0.1) is 0 Å². The van der Waals surface area contributed by atoms with Crippen molar-refractivity contribution in [2.45, 2.75) is 30.6 Å². The van der Waals surface area contributed by atoms with Crippen molar-refractivity contribution in [3.63, 3.8) is 0 Å². The molecule has 2 aromatic rings. The zero-order valence-corrected chi connectivity index (χ0v) is 16.1. The predicted octanol–water partition coefficient (Wildman–Crippen LogP) is 3.48. The first-order chi connectivity index (χ1) is 12.4. The van der Waals surface area contributed by atoms with E-state index in [4.69, 9.17) is 11.6 Å². The minimum Gasteiger partial charge on any atom is -0.325 e. The third-order valence-corrected chi connectivity index (χ3v) is 6.57. The van der Waals surface area contributed by atoms with E-state index in [0.29, 0.717) is 10.7 Å². The highest BCUT2D eigenvalue weighted by atomic mass is 35.5. The van der Waals surface area contributed by atoms with Gasteiger partial charge < -0.3 is 5.32 Å². The number of nitrogens with zero attached hydrogens (tertiary/aromatic N) is 1. The summed E-state index contributed by atoms with van der Waals surface area (Å²) in [5.74, 6) is -0.406. The molecule has 0 bridgehead atoms. The molecule has 0 saturated heterocycles. The molecule has 0 radical (unpaired) electrons. The SMILES string of the molecule is CN(CC(=O)Nc1ccc(Cl)cc1)S(=O)(=O)c1ccc2c(c1)CCCC2. The van der Waals surface area contributed by atoms with Crippen LogP contribution in [0.3, 0.4) is 0 Å². The van der Waals surface area contributed by atoms with Crippen LogP contribution < -0.4 is 5.32 Å². The molecule has 0 spiro atoms. The van der Waals surface area contributed by atoms with Gasteiger partial charge in [-0.2, -0.15) is 4.31 Å². The molecule has 1 aliphatic rings. The lowest BCUT2D eigenvalue weighted by Gasteiger charge is -2.20. The number of likely N-dealkylation sites (N-methyl/N-ethyl adjacent to an activating group) is 1. The summed E-state index contributed by atoms with van der Waals surface area (Å²) >= 11 is 5.81. The van der Waals surface area contributed by atoms with Gasteiger partial charge in [0.1, 0.15) is 0 Å². The third-order valence-electron chi connectivity index (χ3n) is 4.52. The molecule has 0 atom stereocenters. The van der Waals surface area contributed by atoms with Crippen molar-refractivity contribution in [1.82, 2.24) is 4.31 Å². The van der Waals surface area contributed by atoms with Crippen molar-refractivity contribution in [3.05, 3.63) is 58.6 Å². The number of fused-ring (bicyclic) bond motifs is 1. The van der Waals surface area contributed by atoms with Gasteiger partial charge in [0.05, 0.1) is 11.4 Å². The van der Waals surface area contributed by atoms with Crippen molar-refractivity contribution in [3.8, 4) is 0 Å². The van der Waals surface area contributed by atoms with Crippen molar-refractivity contribution in [2.24, 2.45) is 0 Å². The number of aryl methyl sites for hydroxylation is 2. The summed E-state index contributed by atoms with van der Waals surface area (Å²) in [4.78, 5) is 12.4. The summed E-state index contributed by atoms with van der Waals surface area (Å²) in [6, 6.07) is 11.9. The van der Waals surface area contributed by atoms with Crippen LogP contribution in [0.25, 0.3) is 0 Å². The maximum absolute atomic E-state index is 12.8. The number of carbonyl (C=O) groups is 1. The summed E-state index contributed by atoms with van der Waals surface area (Å²) in [5.41, 5.74) is 2.88. The van der Waals surface area contributed by atoms with E-state index in [1.807, 2.05) is 6.07 Å². The Morgan fingerprint density at radius 1 is 1.08 bits per heavy atom. The van der Waals surface area contributed by atoms with Crippen LogP contribution in [0.5, 0.6) is 0 Å². The molecule has 0 aromatic heterocycles. The number of anilines is 1. The Morgan fingerprint density at radius 2 is 1.73 bits per heavy atom. The van der Waals surface area contributed by atoms with Gasteiger partial charge in [0.2, 0.25) is 15.9 Å². The summed E-state index contributed by atoms with van der Waals surface area (Å²) < 4.78 is 26.6.